The zero-order valence-electron chi connectivity index (χ0n) is 20.6. The van der Waals surface area contributed by atoms with Crippen molar-refractivity contribution < 1.29 is 32.5 Å². The Morgan fingerprint density at radius 3 is 2.11 bits per heavy atom. The lowest BCUT2D eigenvalue weighted by molar-refractivity contribution is -0.146. The minimum Gasteiger partial charge on any atom is -0.490 e. The number of alkyl halides is 1. The van der Waals surface area contributed by atoms with E-state index in [1.807, 2.05) is 26.0 Å². The summed E-state index contributed by atoms with van der Waals surface area (Å²) >= 11 is 18.4. The molecule has 2 aromatic carbocycles. The van der Waals surface area contributed by atoms with Gasteiger partial charge in [0, 0.05) is 18.1 Å². The predicted molar refractivity (Wildman–Crippen MR) is 143 cm³/mol. The van der Waals surface area contributed by atoms with Gasteiger partial charge < -0.3 is 19.3 Å². The third-order valence-corrected chi connectivity index (χ3v) is 8.22. The third kappa shape index (κ3) is 8.70. The van der Waals surface area contributed by atoms with Gasteiger partial charge in [0.25, 0.3) is 0 Å². The van der Waals surface area contributed by atoms with Gasteiger partial charge in [0.05, 0.1) is 21.7 Å². The summed E-state index contributed by atoms with van der Waals surface area (Å²) in [6.07, 6.45) is -1.74. The summed E-state index contributed by atoms with van der Waals surface area (Å²) in [6, 6.07) is 10.8. The number of halogens is 3. The fraction of sp³-hybridized carbons (Fsp3) is 0.480. The van der Waals surface area contributed by atoms with Crippen molar-refractivity contribution in [2.75, 3.05) is 30.6 Å². The number of ether oxygens (including phenoxy) is 3. The molecule has 2 rings (SSSR count). The number of aliphatic hydroxyl groups is 1. The van der Waals surface area contributed by atoms with Crippen LogP contribution in [-0.4, -0.2) is 62.3 Å². The van der Waals surface area contributed by atoms with Gasteiger partial charge in [-0.3, -0.25) is 4.79 Å². The van der Waals surface area contributed by atoms with Crippen LogP contribution in [0.1, 0.15) is 38.8 Å². The monoisotopic (exact) mass is 580 g/mol. The predicted octanol–water partition coefficient (Wildman–Crippen LogP) is 5.04. The molecule has 0 aliphatic rings. The highest BCUT2D eigenvalue weighted by Gasteiger charge is 2.26. The van der Waals surface area contributed by atoms with E-state index in [9.17, 15) is 18.3 Å². The first kappa shape index (κ1) is 30.5. The van der Waals surface area contributed by atoms with Crippen LogP contribution in [0, 0.1) is 0 Å². The number of esters is 1. The zero-order valence-corrected chi connectivity index (χ0v) is 23.7. The summed E-state index contributed by atoms with van der Waals surface area (Å²) < 4.78 is 40.3. The minimum absolute atomic E-state index is 0.0301. The summed E-state index contributed by atoms with van der Waals surface area (Å²) in [6.45, 7) is 6.66. The molecule has 0 aromatic heterocycles. The van der Waals surface area contributed by atoms with E-state index in [1.165, 1.54) is 13.8 Å². The maximum absolute atomic E-state index is 12.0. The molecule has 0 amide bonds. The van der Waals surface area contributed by atoms with Crippen LogP contribution in [-0.2, 0) is 24.8 Å². The van der Waals surface area contributed by atoms with Crippen LogP contribution >= 0.6 is 34.8 Å². The van der Waals surface area contributed by atoms with Crippen LogP contribution < -0.4 is 9.47 Å². The maximum Gasteiger partial charge on any atom is 0.303 e. The first-order valence-corrected chi connectivity index (χ1v) is 14.4. The van der Waals surface area contributed by atoms with Gasteiger partial charge in [-0.25, -0.2) is 8.42 Å². The Balaban J connectivity index is 2.16. The lowest BCUT2D eigenvalue weighted by Crippen LogP contribution is -2.32. The molecule has 1 N–H and O–H groups in total. The number of hydrogen-bond donors (Lipinski definition) is 1. The Bertz CT molecular complexity index is 1110. The molecular weight excluding hydrogens is 551 g/mol. The maximum atomic E-state index is 12.0. The van der Waals surface area contributed by atoms with Gasteiger partial charge in [-0.1, -0.05) is 56.1 Å². The molecule has 2 aromatic rings. The van der Waals surface area contributed by atoms with Crippen molar-refractivity contribution in [2.24, 2.45) is 0 Å². The zero-order chi connectivity index (χ0) is 27.1. The molecule has 0 aliphatic heterocycles. The van der Waals surface area contributed by atoms with E-state index in [0.717, 1.165) is 11.1 Å². The molecule has 11 heteroatoms. The number of benzene rings is 2. The molecule has 200 valence electrons. The van der Waals surface area contributed by atoms with Gasteiger partial charge in [-0.05, 0) is 35.4 Å². The van der Waals surface area contributed by atoms with E-state index in [2.05, 4.69) is 0 Å². The summed E-state index contributed by atoms with van der Waals surface area (Å²) in [5.41, 5.74) is 1.30. The average molecular weight is 582 g/mol. The smallest absolute Gasteiger partial charge is 0.303 e. The van der Waals surface area contributed by atoms with Crippen LogP contribution in [0.5, 0.6) is 11.5 Å². The molecule has 7 nitrogen and oxygen atoms in total. The minimum atomic E-state index is -3.35. The van der Waals surface area contributed by atoms with E-state index in [0.29, 0.717) is 15.8 Å². The van der Waals surface area contributed by atoms with Crippen molar-refractivity contribution in [1.29, 1.82) is 0 Å². The van der Waals surface area contributed by atoms with Gasteiger partial charge >= 0.3 is 5.97 Å². The molecule has 0 spiro atoms. The second-order valence-corrected chi connectivity index (χ2v) is 12.3. The molecule has 0 heterocycles. The molecule has 0 radical (unpaired) electrons. The van der Waals surface area contributed by atoms with Crippen LogP contribution in [0.25, 0.3) is 0 Å². The van der Waals surface area contributed by atoms with Crippen molar-refractivity contribution >= 4 is 50.6 Å². The normalized spacial score (nSPS) is 13.7. The van der Waals surface area contributed by atoms with Gasteiger partial charge in [0.15, 0.2) is 15.6 Å². The molecular formula is C25H31Cl3O7S. The Hall–Kier alpha value is -1.71. The lowest BCUT2D eigenvalue weighted by atomic mass is 9.78. The van der Waals surface area contributed by atoms with E-state index in [-0.39, 0.29) is 36.3 Å². The largest absolute Gasteiger partial charge is 0.490 e. The molecule has 36 heavy (non-hydrogen) atoms. The standard InChI is InChI=1S/C25H31Cl3O7S/c1-5-36(31,32)15-21(35-16(2)29)14-33-20-8-6-17(7-9-20)25(3,4)18-10-22(27)24(23(28)11-18)34-13-19(30)12-26/h6-11,19,21,30H,5,12-15H2,1-4H3. The van der Waals surface area contributed by atoms with Gasteiger partial charge in [0.1, 0.15) is 31.2 Å². The van der Waals surface area contributed by atoms with Crippen molar-refractivity contribution in [2.45, 2.75) is 45.3 Å². The molecule has 0 saturated carbocycles. The highest BCUT2D eigenvalue weighted by Crippen LogP contribution is 2.40. The number of carbonyl (C=O) groups excluding carboxylic acids is 1. The lowest BCUT2D eigenvalue weighted by Gasteiger charge is -2.27. The summed E-state index contributed by atoms with van der Waals surface area (Å²) in [4.78, 5) is 11.4. The van der Waals surface area contributed by atoms with Crippen LogP contribution in [0.3, 0.4) is 0 Å². The first-order valence-electron chi connectivity index (χ1n) is 11.3. The summed E-state index contributed by atoms with van der Waals surface area (Å²) in [5, 5.41) is 10.2. The van der Waals surface area contributed by atoms with Gasteiger partial charge in [-0.15, -0.1) is 11.6 Å². The SMILES string of the molecule is CCS(=O)(=O)CC(COc1ccc(C(C)(C)c2cc(Cl)c(OCC(O)CCl)c(Cl)c2)cc1)OC(C)=O. The van der Waals surface area contributed by atoms with Crippen LogP contribution in [0.15, 0.2) is 36.4 Å². The fourth-order valence-corrected chi connectivity index (χ4v) is 5.01. The van der Waals surface area contributed by atoms with Crippen molar-refractivity contribution in [3.63, 3.8) is 0 Å². The van der Waals surface area contributed by atoms with Crippen molar-refractivity contribution in [3.05, 3.63) is 57.6 Å². The van der Waals surface area contributed by atoms with Crippen LogP contribution in [0.4, 0.5) is 0 Å². The van der Waals surface area contributed by atoms with E-state index >= 15 is 0 Å². The van der Waals surface area contributed by atoms with E-state index in [4.69, 9.17) is 49.0 Å². The van der Waals surface area contributed by atoms with E-state index < -0.39 is 33.4 Å². The van der Waals surface area contributed by atoms with E-state index in [1.54, 1.807) is 24.3 Å². The second-order valence-electron chi connectivity index (χ2n) is 8.78. The first-order chi connectivity index (χ1) is 16.8. The molecule has 0 fully saturated rings. The van der Waals surface area contributed by atoms with Crippen molar-refractivity contribution in [1.82, 2.24) is 0 Å². The highest BCUT2D eigenvalue weighted by molar-refractivity contribution is 7.91. The number of aliphatic hydroxyl groups excluding tert-OH is 1. The van der Waals surface area contributed by atoms with Crippen LogP contribution in [0.2, 0.25) is 10.0 Å². The second kappa shape index (κ2) is 13.2. The molecule has 2 atom stereocenters. The number of rotatable bonds is 13. The quantitative estimate of drug-likeness (QED) is 0.261. The number of sulfone groups is 1. The molecule has 0 bridgehead atoms. The summed E-state index contributed by atoms with van der Waals surface area (Å²) in [7, 11) is -3.35. The Kier molecular flexibility index (Phi) is 11.2. The highest BCUT2D eigenvalue weighted by atomic mass is 35.5. The number of carbonyl (C=O) groups is 1. The topological polar surface area (TPSA) is 99.1 Å². The van der Waals surface area contributed by atoms with Gasteiger partial charge in [-0.2, -0.15) is 0 Å². The Morgan fingerprint density at radius 2 is 1.61 bits per heavy atom. The van der Waals surface area contributed by atoms with Gasteiger partial charge in [0.2, 0.25) is 0 Å². The fourth-order valence-electron chi connectivity index (χ4n) is 3.36. The molecule has 0 aliphatic carbocycles. The number of hydrogen-bond acceptors (Lipinski definition) is 7. The Labute approximate surface area is 227 Å². The molecule has 2 unspecified atom stereocenters. The summed E-state index contributed by atoms with van der Waals surface area (Å²) in [5.74, 6) is -0.124. The van der Waals surface area contributed by atoms with Crippen molar-refractivity contribution in [3.8, 4) is 11.5 Å². The average Bonchev–Trinajstić information content (AvgIpc) is 2.81. The Morgan fingerprint density at radius 1 is 1.03 bits per heavy atom. The third-order valence-electron chi connectivity index (χ3n) is 5.54. The molecule has 0 saturated heterocycles.